The molecule has 3 nitrogen and oxygen atoms in total. The molecule has 0 bridgehead atoms. The molecule has 0 aliphatic heterocycles. The largest absolute Gasteiger partial charge is 0.397 e. The summed E-state index contributed by atoms with van der Waals surface area (Å²) in [4.78, 5) is 13.1. The number of nitrogens with two attached hydrogens (primary N) is 1. The van der Waals surface area contributed by atoms with Crippen LogP contribution in [0, 0.1) is 0 Å². The highest BCUT2D eigenvalue weighted by atomic mass is 32.2. The Morgan fingerprint density at radius 1 is 1.40 bits per heavy atom. The van der Waals surface area contributed by atoms with Crippen LogP contribution < -0.4 is 11.1 Å². The molecule has 1 heterocycles. The molecule has 1 aromatic heterocycles. The summed E-state index contributed by atoms with van der Waals surface area (Å²) >= 11 is 3.37. The highest BCUT2D eigenvalue weighted by molar-refractivity contribution is 7.99. The fourth-order valence-electron chi connectivity index (χ4n) is 1.73. The lowest BCUT2D eigenvalue weighted by molar-refractivity contribution is -0.115. The Labute approximate surface area is 127 Å². The minimum atomic E-state index is -0.0345. The predicted molar refractivity (Wildman–Crippen MR) is 88.5 cm³/mol. The summed E-state index contributed by atoms with van der Waals surface area (Å²) in [5.74, 6) is 1.03. The van der Waals surface area contributed by atoms with E-state index in [0.717, 1.165) is 22.6 Å². The number of benzene rings is 1. The summed E-state index contributed by atoms with van der Waals surface area (Å²) in [7, 11) is 0. The van der Waals surface area contributed by atoms with Gasteiger partial charge in [-0.2, -0.15) is 11.3 Å². The molecule has 1 amide bonds. The zero-order valence-electron chi connectivity index (χ0n) is 11.4. The fraction of sp³-hybridized carbons (Fsp3) is 0.267. The number of anilines is 2. The number of carbonyl (C=O) groups excluding carboxylic acids is 1. The Morgan fingerprint density at radius 3 is 2.95 bits per heavy atom. The third kappa shape index (κ3) is 4.28. The molecule has 5 heteroatoms. The van der Waals surface area contributed by atoms with E-state index in [1.54, 1.807) is 23.1 Å². The Kier molecular flexibility index (Phi) is 5.49. The number of nitrogens with one attached hydrogen (secondary N) is 1. The minimum Gasteiger partial charge on any atom is -0.397 e. The quantitative estimate of drug-likeness (QED) is 0.626. The van der Waals surface area contributed by atoms with Crippen molar-refractivity contribution in [1.29, 1.82) is 0 Å². The minimum absolute atomic E-state index is 0.0345. The summed E-state index contributed by atoms with van der Waals surface area (Å²) in [6.07, 6.45) is 1.50. The first-order valence-electron chi connectivity index (χ1n) is 6.52. The van der Waals surface area contributed by atoms with E-state index in [0.29, 0.717) is 17.8 Å². The number of carbonyl (C=O) groups is 1. The van der Waals surface area contributed by atoms with E-state index in [4.69, 9.17) is 5.73 Å². The summed E-state index contributed by atoms with van der Waals surface area (Å²) in [5, 5.41) is 6.85. The maximum atomic E-state index is 12.0. The lowest BCUT2D eigenvalue weighted by atomic mass is 10.2. The zero-order valence-corrected chi connectivity index (χ0v) is 13.0. The number of nitrogen functional groups attached to an aromatic ring is 1. The second-order valence-electron chi connectivity index (χ2n) is 4.45. The normalized spacial score (nSPS) is 10.4. The molecule has 0 aliphatic carbocycles. The van der Waals surface area contributed by atoms with Crippen LogP contribution in [0.25, 0.3) is 0 Å². The lowest BCUT2D eigenvalue weighted by Gasteiger charge is -2.10. The Bertz CT molecular complexity index is 567. The second kappa shape index (κ2) is 7.36. The maximum Gasteiger partial charge on any atom is 0.228 e. The van der Waals surface area contributed by atoms with Gasteiger partial charge in [-0.1, -0.05) is 6.92 Å². The number of thiophene rings is 1. The molecule has 0 saturated heterocycles. The lowest BCUT2D eigenvalue weighted by Crippen LogP contribution is -2.15. The van der Waals surface area contributed by atoms with E-state index in [2.05, 4.69) is 12.2 Å². The molecule has 20 heavy (non-hydrogen) atoms. The molecule has 0 fully saturated rings. The van der Waals surface area contributed by atoms with Crippen molar-refractivity contribution in [3.63, 3.8) is 0 Å². The van der Waals surface area contributed by atoms with Gasteiger partial charge in [-0.15, -0.1) is 11.8 Å². The Hall–Kier alpha value is -1.46. The number of amides is 1. The molecule has 106 valence electrons. The molecule has 0 saturated carbocycles. The molecule has 0 unspecified atom stereocenters. The molecule has 0 atom stereocenters. The molecule has 0 aliphatic rings. The van der Waals surface area contributed by atoms with Gasteiger partial charge in [0.2, 0.25) is 5.91 Å². The van der Waals surface area contributed by atoms with Crippen molar-refractivity contribution in [1.82, 2.24) is 0 Å². The molecule has 1 aromatic carbocycles. The predicted octanol–water partition coefficient (Wildman–Crippen LogP) is 4.01. The van der Waals surface area contributed by atoms with Crippen LogP contribution in [-0.4, -0.2) is 11.7 Å². The van der Waals surface area contributed by atoms with Crippen LogP contribution >= 0.6 is 23.1 Å². The van der Waals surface area contributed by atoms with Gasteiger partial charge in [-0.25, -0.2) is 0 Å². The maximum absolute atomic E-state index is 12.0. The highest BCUT2D eigenvalue weighted by Gasteiger charge is 2.08. The molecule has 2 rings (SSSR count). The van der Waals surface area contributed by atoms with Crippen LogP contribution in [0.2, 0.25) is 0 Å². The smallest absolute Gasteiger partial charge is 0.228 e. The molecule has 0 radical (unpaired) electrons. The van der Waals surface area contributed by atoms with Crippen molar-refractivity contribution in [3.05, 3.63) is 40.6 Å². The first kappa shape index (κ1) is 14.9. The van der Waals surface area contributed by atoms with Crippen LogP contribution in [0.15, 0.2) is 39.9 Å². The van der Waals surface area contributed by atoms with Gasteiger partial charge in [0.05, 0.1) is 17.8 Å². The number of thioether (sulfide) groups is 1. The van der Waals surface area contributed by atoms with Gasteiger partial charge in [0, 0.05) is 4.90 Å². The third-order valence-corrected chi connectivity index (χ3v) is 4.65. The summed E-state index contributed by atoms with van der Waals surface area (Å²) in [6, 6.07) is 7.74. The first-order valence-corrected chi connectivity index (χ1v) is 8.45. The number of hydrogen-bond acceptors (Lipinski definition) is 4. The number of rotatable bonds is 6. The highest BCUT2D eigenvalue weighted by Crippen LogP contribution is 2.27. The first-order chi connectivity index (χ1) is 9.69. The third-order valence-electron chi connectivity index (χ3n) is 2.72. The van der Waals surface area contributed by atoms with Gasteiger partial charge >= 0.3 is 0 Å². The van der Waals surface area contributed by atoms with E-state index in [1.807, 2.05) is 35.0 Å². The van der Waals surface area contributed by atoms with E-state index in [-0.39, 0.29) is 5.91 Å². The van der Waals surface area contributed by atoms with E-state index >= 15 is 0 Å². The van der Waals surface area contributed by atoms with E-state index < -0.39 is 0 Å². The van der Waals surface area contributed by atoms with Gasteiger partial charge < -0.3 is 11.1 Å². The Balaban J connectivity index is 2.02. The van der Waals surface area contributed by atoms with Crippen LogP contribution in [0.5, 0.6) is 0 Å². The molecule has 3 N–H and O–H groups in total. The van der Waals surface area contributed by atoms with Crippen molar-refractivity contribution >= 4 is 40.4 Å². The van der Waals surface area contributed by atoms with E-state index in [9.17, 15) is 4.79 Å². The summed E-state index contributed by atoms with van der Waals surface area (Å²) in [6.45, 7) is 2.15. The fourth-order valence-corrected chi connectivity index (χ4v) is 3.20. The van der Waals surface area contributed by atoms with Crippen molar-refractivity contribution in [2.75, 3.05) is 16.8 Å². The molecular formula is C15H18N2OS2. The van der Waals surface area contributed by atoms with Crippen molar-refractivity contribution < 1.29 is 4.79 Å². The zero-order chi connectivity index (χ0) is 14.4. The van der Waals surface area contributed by atoms with Gasteiger partial charge in [0.1, 0.15) is 0 Å². The molecule has 2 aromatic rings. The average molecular weight is 306 g/mol. The van der Waals surface area contributed by atoms with Crippen molar-refractivity contribution in [2.24, 2.45) is 0 Å². The average Bonchev–Trinajstić information content (AvgIpc) is 2.92. The second-order valence-corrected chi connectivity index (χ2v) is 6.40. The number of hydrogen-bond donors (Lipinski definition) is 2. The van der Waals surface area contributed by atoms with Crippen LogP contribution in [0.3, 0.4) is 0 Å². The van der Waals surface area contributed by atoms with Gasteiger partial charge in [0.25, 0.3) is 0 Å². The SMILES string of the molecule is CCCSc1ccc(N)c(NC(=O)Cc2ccsc2)c1. The van der Waals surface area contributed by atoms with E-state index in [1.165, 1.54) is 0 Å². The Morgan fingerprint density at radius 2 is 2.25 bits per heavy atom. The molecule has 0 spiro atoms. The van der Waals surface area contributed by atoms with Crippen molar-refractivity contribution in [3.8, 4) is 0 Å². The molecular weight excluding hydrogens is 288 g/mol. The van der Waals surface area contributed by atoms with Crippen molar-refractivity contribution in [2.45, 2.75) is 24.7 Å². The van der Waals surface area contributed by atoms with Crippen LogP contribution in [0.1, 0.15) is 18.9 Å². The standard InChI is InChI=1S/C15H18N2OS2/c1-2-6-20-12-3-4-13(16)14(9-12)17-15(18)8-11-5-7-19-10-11/h3-5,7,9-10H,2,6,8,16H2,1H3,(H,17,18). The monoisotopic (exact) mass is 306 g/mol. The summed E-state index contributed by atoms with van der Waals surface area (Å²) in [5.41, 5.74) is 8.25. The van der Waals surface area contributed by atoms with Gasteiger partial charge in [0.15, 0.2) is 0 Å². The summed E-state index contributed by atoms with van der Waals surface area (Å²) < 4.78 is 0. The van der Waals surface area contributed by atoms with Gasteiger partial charge in [-0.05, 0) is 52.8 Å². The van der Waals surface area contributed by atoms with Crippen LogP contribution in [0.4, 0.5) is 11.4 Å². The van der Waals surface area contributed by atoms with Gasteiger partial charge in [-0.3, -0.25) is 4.79 Å². The van der Waals surface area contributed by atoms with Crippen LogP contribution in [-0.2, 0) is 11.2 Å². The topological polar surface area (TPSA) is 55.1 Å².